The minimum Gasteiger partial charge on any atom is -0.493 e. The van der Waals surface area contributed by atoms with Crippen LogP contribution in [0.15, 0.2) is 42.5 Å². The lowest BCUT2D eigenvalue weighted by molar-refractivity contribution is 0.200. The maximum atomic E-state index is 8.96. The van der Waals surface area contributed by atoms with Crippen LogP contribution in [-0.4, -0.2) is 24.9 Å². The lowest BCUT2D eigenvalue weighted by Crippen LogP contribution is -2.21. The molecular weight excluding hydrogens is 302 g/mol. The Hall–Kier alpha value is -2.04. The molecule has 128 valence electrons. The smallest absolute Gasteiger partial charge is 0.124 e. The molecular formula is C20H25NO3. The first kappa shape index (κ1) is 16.8. The van der Waals surface area contributed by atoms with Crippen LogP contribution in [0.3, 0.4) is 0 Å². The molecule has 0 aliphatic carbocycles. The van der Waals surface area contributed by atoms with E-state index in [1.807, 2.05) is 18.2 Å². The van der Waals surface area contributed by atoms with Crippen LogP contribution in [0.2, 0.25) is 0 Å². The van der Waals surface area contributed by atoms with E-state index in [0.717, 1.165) is 43.1 Å². The molecule has 0 radical (unpaired) electrons. The van der Waals surface area contributed by atoms with Crippen molar-refractivity contribution in [3.63, 3.8) is 0 Å². The number of ether oxygens (including phenoxy) is 2. The highest BCUT2D eigenvalue weighted by molar-refractivity contribution is 5.40. The molecule has 1 unspecified atom stereocenters. The Balaban J connectivity index is 1.73. The lowest BCUT2D eigenvalue weighted by Gasteiger charge is -2.20. The third kappa shape index (κ3) is 4.08. The van der Waals surface area contributed by atoms with E-state index in [9.17, 15) is 0 Å². The van der Waals surface area contributed by atoms with Crippen LogP contribution in [0.1, 0.15) is 35.6 Å². The van der Waals surface area contributed by atoms with E-state index in [-0.39, 0.29) is 12.6 Å². The standard InChI is InChI=1S/C20H25NO3/c1-15-8-9-17-18(6-4-11-23-20(17)13-15)21-14-16-5-2-3-7-19(16)24-12-10-22/h2-3,5,7-9,13,18,21-22H,4,6,10-12,14H2,1H3. The van der Waals surface area contributed by atoms with Gasteiger partial charge in [-0.05, 0) is 37.5 Å². The molecule has 4 nitrogen and oxygen atoms in total. The Labute approximate surface area is 143 Å². The van der Waals surface area contributed by atoms with Gasteiger partial charge in [0.25, 0.3) is 0 Å². The lowest BCUT2D eigenvalue weighted by atomic mass is 10.00. The Morgan fingerprint density at radius 1 is 1.25 bits per heavy atom. The molecule has 0 aromatic heterocycles. The van der Waals surface area contributed by atoms with E-state index in [4.69, 9.17) is 14.6 Å². The maximum Gasteiger partial charge on any atom is 0.124 e. The third-order valence-electron chi connectivity index (χ3n) is 4.30. The molecule has 2 aromatic rings. The number of hydrogen-bond acceptors (Lipinski definition) is 4. The molecule has 0 spiro atoms. The van der Waals surface area contributed by atoms with Gasteiger partial charge in [-0.1, -0.05) is 30.3 Å². The zero-order valence-electron chi connectivity index (χ0n) is 14.1. The average Bonchev–Trinajstić information content (AvgIpc) is 2.80. The van der Waals surface area contributed by atoms with Crippen LogP contribution in [0.5, 0.6) is 11.5 Å². The molecule has 4 heteroatoms. The van der Waals surface area contributed by atoms with Crippen molar-refractivity contribution in [1.82, 2.24) is 5.32 Å². The fourth-order valence-corrected chi connectivity index (χ4v) is 3.07. The van der Waals surface area contributed by atoms with Gasteiger partial charge in [-0.25, -0.2) is 0 Å². The molecule has 1 aliphatic rings. The number of benzene rings is 2. The molecule has 0 bridgehead atoms. The first-order valence-corrected chi connectivity index (χ1v) is 8.56. The van der Waals surface area contributed by atoms with Gasteiger partial charge >= 0.3 is 0 Å². The number of aliphatic hydroxyl groups excluding tert-OH is 1. The van der Waals surface area contributed by atoms with Crippen LogP contribution in [-0.2, 0) is 6.54 Å². The number of fused-ring (bicyclic) bond motifs is 1. The van der Waals surface area contributed by atoms with E-state index in [2.05, 4.69) is 36.5 Å². The van der Waals surface area contributed by atoms with Crippen LogP contribution >= 0.6 is 0 Å². The SMILES string of the molecule is Cc1ccc2c(c1)OCCCC2NCc1ccccc1OCCO. The van der Waals surface area contributed by atoms with Crippen molar-refractivity contribution in [1.29, 1.82) is 0 Å². The van der Waals surface area contributed by atoms with Crippen molar-refractivity contribution in [3.8, 4) is 11.5 Å². The number of aliphatic hydroxyl groups is 1. The van der Waals surface area contributed by atoms with Gasteiger partial charge in [0.15, 0.2) is 0 Å². The van der Waals surface area contributed by atoms with Gasteiger partial charge in [0.05, 0.1) is 13.2 Å². The predicted octanol–water partition coefficient (Wildman–Crippen LogP) is 3.37. The van der Waals surface area contributed by atoms with Gasteiger partial charge in [-0.3, -0.25) is 0 Å². The first-order valence-electron chi connectivity index (χ1n) is 8.56. The van der Waals surface area contributed by atoms with Gasteiger partial charge in [0, 0.05) is 23.7 Å². The molecule has 24 heavy (non-hydrogen) atoms. The summed E-state index contributed by atoms with van der Waals surface area (Å²) >= 11 is 0. The van der Waals surface area contributed by atoms with Gasteiger partial charge in [0.2, 0.25) is 0 Å². The molecule has 1 aliphatic heterocycles. The topological polar surface area (TPSA) is 50.7 Å². The second-order valence-electron chi connectivity index (χ2n) is 6.15. The monoisotopic (exact) mass is 327 g/mol. The number of nitrogens with one attached hydrogen (secondary N) is 1. The second-order valence-corrected chi connectivity index (χ2v) is 6.15. The van der Waals surface area contributed by atoms with Crippen molar-refractivity contribution >= 4 is 0 Å². The summed E-state index contributed by atoms with van der Waals surface area (Å²) in [7, 11) is 0. The van der Waals surface area contributed by atoms with Gasteiger partial charge in [0.1, 0.15) is 18.1 Å². The number of rotatable bonds is 6. The van der Waals surface area contributed by atoms with E-state index in [0.29, 0.717) is 6.61 Å². The van der Waals surface area contributed by atoms with Gasteiger partial charge < -0.3 is 19.9 Å². The van der Waals surface area contributed by atoms with Crippen molar-refractivity contribution in [2.24, 2.45) is 0 Å². The highest BCUT2D eigenvalue weighted by Crippen LogP contribution is 2.32. The molecule has 2 aromatic carbocycles. The quantitative estimate of drug-likeness (QED) is 0.854. The van der Waals surface area contributed by atoms with E-state index < -0.39 is 0 Å². The zero-order valence-corrected chi connectivity index (χ0v) is 14.1. The maximum absolute atomic E-state index is 8.96. The summed E-state index contributed by atoms with van der Waals surface area (Å²) < 4.78 is 11.5. The molecule has 0 saturated carbocycles. The first-order chi connectivity index (χ1) is 11.8. The second kappa shape index (κ2) is 8.18. The summed E-state index contributed by atoms with van der Waals surface area (Å²) in [5.41, 5.74) is 3.55. The van der Waals surface area contributed by atoms with Crippen molar-refractivity contribution in [2.45, 2.75) is 32.4 Å². The minimum absolute atomic E-state index is 0.0223. The number of hydrogen-bond donors (Lipinski definition) is 2. The van der Waals surface area contributed by atoms with Gasteiger partial charge in [-0.2, -0.15) is 0 Å². The van der Waals surface area contributed by atoms with Crippen LogP contribution in [0.4, 0.5) is 0 Å². The molecule has 0 saturated heterocycles. The van der Waals surface area contributed by atoms with E-state index >= 15 is 0 Å². The molecule has 1 atom stereocenters. The van der Waals surface area contributed by atoms with E-state index in [1.165, 1.54) is 11.1 Å². The normalized spacial score (nSPS) is 16.8. The molecule has 3 rings (SSSR count). The van der Waals surface area contributed by atoms with Crippen LogP contribution in [0.25, 0.3) is 0 Å². The summed E-state index contributed by atoms with van der Waals surface area (Å²) in [5.74, 6) is 1.82. The summed E-state index contributed by atoms with van der Waals surface area (Å²) in [6, 6.07) is 14.7. The molecule has 2 N–H and O–H groups in total. The Kier molecular flexibility index (Phi) is 5.72. The van der Waals surface area contributed by atoms with Crippen LogP contribution < -0.4 is 14.8 Å². The average molecular weight is 327 g/mol. The largest absolute Gasteiger partial charge is 0.493 e. The molecule has 0 amide bonds. The number of para-hydroxylation sites is 1. The predicted molar refractivity (Wildman–Crippen MR) is 94.5 cm³/mol. The Bertz CT molecular complexity index is 672. The van der Waals surface area contributed by atoms with Crippen LogP contribution in [0, 0.1) is 6.92 Å². The fraction of sp³-hybridized carbons (Fsp3) is 0.400. The van der Waals surface area contributed by atoms with E-state index in [1.54, 1.807) is 0 Å². The third-order valence-corrected chi connectivity index (χ3v) is 4.30. The summed E-state index contributed by atoms with van der Waals surface area (Å²) in [5, 5.41) is 12.6. The fourth-order valence-electron chi connectivity index (χ4n) is 3.07. The highest BCUT2D eigenvalue weighted by Gasteiger charge is 2.19. The molecule has 0 fully saturated rings. The minimum atomic E-state index is 0.0223. The summed E-state index contributed by atoms with van der Waals surface area (Å²) in [6.07, 6.45) is 2.09. The zero-order chi connectivity index (χ0) is 16.8. The summed E-state index contributed by atoms with van der Waals surface area (Å²) in [4.78, 5) is 0. The molecule has 1 heterocycles. The summed E-state index contributed by atoms with van der Waals surface area (Å²) in [6.45, 7) is 3.92. The van der Waals surface area contributed by atoms with Crippen molar-refractivity contribution in [2.75, 3.05) is 19.8 Å². The van der Waals surface area contributed by atoms with Crippen molar-refractivity contribution in [3.05, 3.63) is 59.2 Å². The Morgan fingerprint density at radius 2 is 2.12 bits per heavy atom. The number of aryl methyl sites for hydroxylation is 1. The highest BCUT2D eigenvalue weighted by atomic mass is 16.5. The Morgan fingerprint density at radius 3 is 3.00 bits per heavy atom. The van der Waals surface area contributed by atoms with Gasteiger partial charge in [-0.15, -0.1) is 0 Å². The van der Waals surface area contributed by atoms with Crippen molar-refractivity contribution < 1.29 is 14.6 Å².